The first-order valence-corrected chi connectivity index (χ1v) is 5.59. The Hall–Kier alpha value is -0.940. The first-order chi connectivity index (χ1) is 7.28. The van der Waals surface area contributed by atoms with Crippen LogP contribution in [0.3, 0.4) is 0 Å². The van der Waals surface area contributed by atoms with Crippen molar-refractivity contribution in [1.82, 2.24) is 20.4 Å². The van der Waals surface area contributed by atoms with Crippen LogP contribution < -0.4 is 11.3 Å². The maximum atomic E-state index is 5.55. The number of hydrogen-bond acceptors (Lipinski definition) is 4. The highest BCUT2D eigenvalue weighted by atomic mass is 15.4. The fourth-order valence-electron chi connectivity index (χ4n) is 2.08. The van der Waals surface area contributed by atoms with Gasteiger partial charge in [0.1, 0.15) is 0 Å². The van der Waals surface area contributed by atoms with E-state index in [4.69, 9.17) is 5.84 Å². The van der Waals surface area contributed by atoms with Gasteiger partial charge in [0, 0.05) is 25.7 Å². The summed E-state index contributed by atoms with van der Waals surface area (Å²) in [6, 6.07) is 0.340. The average molecular weight is 209 g/mol. The van der Waals surface area contributed by atoms with Gasteiger partial charge in [-0.1, -0.05) is 24.5 Å². The van der Waals surface area contributed by atoms with Gasteiger partial charge >= 0.3 is 0 Å². The van der Waals surface area contributed by atoms with Crippen molar-refractivity contribution < 1.29 is 0 Å². The summed E-state index contributed by atoms with van der Waals surface area (Å²) in [6.45, 7) is 0. The highest BCUT2D eigenvalue weighted by Gasteiger charge is 2.22. The Kier molecular flexibility index (Phi) is 3.33. The molecule has 1 aliphatic rings. The van der Waals surface area contributed by atoms with Crippen LogP contribution in [0.2, 0.25) is 0 Å². The van der Waals surface area contributed by atoms with Crippen molar-refractivity contribution in [2.45, 2.75) is 38.1 Å². The number of aromatic nitrogens is 3. The molecule has 1 saturated carbocycles. The Morgan fingerprint density at radius 3 is 2.93 bits per heavy atom. The molecule has 1 aromatic rings. The van der Waals surface area contributed by atoms with E-state index in [1.165, 1.54) is 19.3 Å². The zero-order valence-electron chi connectivity index (χ0n) is 9.19. The minimum Gasteiger partial charge on any atom is -0.271 e. The number of nitrogens with zero attached hydrogens (tertiary/aromatic N) is 3. The minimum absolute atomic E-state index is 0.340. The zero-order chi connectivity index (χ0) is 10.7. The second-order valence-corrected chi connectivity index (χ2v) is 4.48. The van der Waals surface area contributed by atoms with Crippen molar-refractivity contribution in [3.63, 3.8) is 0 Å². The molecule has 1 atom stereocenters. The molecule has 0 aliphatic heterocycles. The second-order valence-electron chi connectivity index (χ2n) is 4.48. The largest absolute Gasteiger partial charge is 0.271 e. The van der Waals surface area contributed by atoms with Gasteiger partial charge in [0.25, 0.3) is 0 Å². The van der Waals surface area contributed by atoms with Crippen LogP contribution in [0.15, 0.2) is 6.20 Å². The second kappa shape index (κ2) is 4.72. The van der Waals surface area contributed by atoms with Crippen molar-refractivity contribution in [2.24, 2.45) is 18.8 Å². The standard InChI is InChI=1S/C10H19N5/c1-15-7-10(13-14-15)6-9(12-11)5-8-3-2-4-8/h7-9,12H,2-6,11H2,1H3. The molecule has 0 bridgehead atoms. The molecule has 1 fully saturated rings. The first-order valence-electron chi connectivity index (χ1n) is 5.59. The third kappa shape index (κ3) is 2.76. The van der Waals surface area contributed by atoms with E-state index in [1.54, 1.807) is 4.68 Å². The van der Waals surface area contributed by atoms with Crippen LogP contribution in [-0.2, 0) is 13.5 Å². The van der Waals surface area contributed by atoms with E-state index in [1.807, 2.05) is 13.2 Å². The van der Waals surface area contributed by atoms with Gasteiger partial charge < -0.3 is 0 Å². The molecule has 5 nitrogen and oxygen atoms in total. The maximum absolute atomic E-state index is 5.55. The molecule has 0 saturated heterocycles. The number of aryl methyl sites for hydroxylation is 1. The molecular formula is C10H19N5. The highest BCUT2D eigenvalue weighted by Crippen LogP contribution is 2.30. The Labute approximate surface area is 90.0 Å². The Balaban J connectivity index is 1.84. The lowest BCUT2D eigenvalue weighted by Gasteiger charge is -2.29. The molecule has 3 N–H and O–H groups in total. The summed E-state index contributed by atoms with van der Waals surface area (Å²) in [4.78, 5) is 0. The minimum atomic E-state index is 0.340. The van der Waals surface area contributed by atoms with Crippen LogP contribution >= 0.6 is 0 Å². The van der Waals surface area contributed by atoms with E-state index in [0.29, 0.717) is 6.04 Å². The maximum Gasteiger partial charge on any atom is 0.0843 e. The SMILES string of the molecule is Cn1cc(CC(CC2CCC2)NN)nn1. The van der Waals surface area contributed by atoms with Gasteiger partial charge in [0.2, 0.25) is 0 Å². The molecule has 0 amide bonds. The van der Waals surface area contributed by atoms with Gasteiger partial charge in [-0.15, -0.1) is 5.10 Å². The summed E-state index contributed by atoms with van der Waals surface area (Å²) in [5.41, 5.74) is 3.90. The van der Waals surface area contributed by atoms with Crippen LogP contribution in [0.1, 0.15) is 31.4 Å². The van der Waals surface area contributed by atoms with Gasteiger partial charge in [-0.2, -0.15) is 0 Å². The molecule has 0 aromatic carbocycles. The van der Waals surface area contributed by atoms with Crippen molar-refractivity contribution in [2.75, 3.05) is 0 Å². The fraction of sp³-hybridized carbons (Fsp3) is 0.800. The summed E-state index contributed by atoms with van der Waals surface area (Å²) in [5, 5.41) is 7.99. The number of hydrazine groups is 1. The third-order valence-corrected chi connectivity index (χ3v) is 3.18. The molecule has 1 unspecified atom stereocenters. The van der Waals surface area contributed by atoms with E-state index < -0.39 is 0 Å². The van der Waals surface area contributed by atoms with Crippen LogP contribution in [-0.4, -0.2) is 21.0 Å². The van der Waals surface area contributed by atoms with Crippen molar-refractivity contribution in [3.05, 3.63) is 11.9 Å². The summed E-state index contributed by atoms with van der Waals surface area (Å²) < 4.78 is 1.73. The van der Waals surface area contributed by atoms with Gasteiger partial charge in [0.15, 0.2) is 0 Å². The lowest BCUT2D eigenvalue weighted by atomic mass is 9.80. The predicted molar refractivity (Wildman–Crippen MR) is 57.8 cm³/mol. The number of rotatable bonds is 5. The first kappa shape index (κ1) is 10.6. The lowest BCUT2D eigenvalue weighted by molar-refractivity contribution is 0.259. The molecule has 0 spiro atoms. The number of nitrogens with two attached hydrogens (primary N) is 1. The normalized spacial score (nSPS) is 18.8. The molecule has 2 rings (SSSR count). The van der Waals surface area contributed by atoms with Crippen molar-refractivity contribution in [3.8, 4) is 0 Å². The van der Waals surface area contributed by atoms with Crippen LogP contribution in [0, 0.1) is 5.92 Å². The van der Waals surface area contributed by atoms with E-state index >= 15 is 0 Å². The molecule has 15 heavy (non-hydrogen) atoms. The van der Waals surface area contributed by atoms with Crippen molar-refractivity contribution >= 4 is 0 Å². The molecule has 1 aromatic heterocycles. The van der Waals surface area contributed by atoms with Crippen molar-refractivity contribution in [1.29, 1.82) is 0 Å². The quantitative estimate of drug-likeness (QED) is 0.543. The summed E-state index contributed by atoms with van der Waals surface area (Å²) in [5.74, 6) is 6.41. The molecule has 0 radical (unpaired) electrons. The van der Waals surface area contributed by atoms with Crippen LogP contribution in [0.4, 0.5) is 0 Å². The predicted octanol–water partition coefficient (Wildman–Crippen LogP) is 0.380. The zero-order valence-corrected chi connectivity index (χ0v) is 9.19. The van der Waals surface area contributed by atoms with Gasteiger partial charge in [-0.3, -0.25) is 16.0 Å². The van der Waals surface area contributed by atoms with E-state index in [2.05, 4.69) is 15.7 Å². The van der Waals surface area contributed by atoms with E-state index in [9.17, 15) is 0 Å². The molecular weight excluding hydrogens is 190 g/mol. The Bertz CT molecular complexity index is 305. The summed E-state index contributed by atoms with van der Waals surface area (Å²) >= 11 is 0. The van der Waals surface area contributed by atoms with Gasteiger partial charge in [0.05, 0.1) is 5.69 Å². The summed E-state index contributed by atoms with van der Waals surface area (Å²) in [6.07, 6.45) is 8.09. The van der Waals surface area contributed by atoms with E-state index in [-0.39, 0.29) is 0 Å². The Morgan fingerprint density at radius 1 is 1.67 bits per heavy atom. The molecule has 1 heterocycles. The van der Waals surface area contributed by atoms with Gasteiger partial charge in [-0.05, 0) is 12.3 Å². The van der Waals surface area contributed by atoms with Crippen LogP contribution in [0.5, 0.6) is 0 Å². The molecule has 1 aliphatic carbocycles. The third-order valence-electron chi connectivity index (χ3n) is 3.18. The topological polar surface area (TPSA) is 68.8 Å². The van der Waals surface area contributed by atoms with E-state index in [0.717, 1.165) is 24.5 Å². The van der Waals surface area contributed by atoms with Gasteiger partial charge in [-0.25, -0.2) is 0 Å². The Morgan fingerprint density at radius 2 is 2.47 bits per heavy atom. The monoisotopic (exact) mass is 209 g/mol. The number of hydrogen-bond donors (Lipinski definition) is 2. The summed E-state index contributed by atoms with van der Waals surface area (Å²) in [7, 11) is 1.88. The lowest BCUT2D eigenvalue weighted by Crippen LogP contribution is -2.39. The average Bonchev–Trinajstić information content (AvgIpc) is 2.55. The molecule has 84 valence electrons. The molecule has 5 heteroatoms. The highest BCUT2D eigenvalue weighted by molar-refractivity contribution is 4.96. The fourth-order valence-corrected chi connectivity index (χ4v) is 2.08. The van der Waals surface area contributed by atoms with Crippen LogP contribution in [0.25, 0.3) is 0 Å². The number of nitrogens with one attached hydrogen (secondary N) is 1. The smallest absolute Gasteiger partial charge is 0.0843 e.